The summed E-state index contributed by atoms with van der Waals surface area (Å²) in [7, 11) is 0. The lowest BCUT2D eigenvalue weighted by molar-refractivity contribution is -0.127. The highest BCUT2D eigenvalue weighted by Crippen LogP contribution is 2.29. The van der Waals surface area contributed by atoms with Gasteiger partial charge >= 0.3 is 6.03 Å². The van der Waals surface area contributed by atoms with Crippen LogP contribution in [0.4, 0.5) is 4.79 Å². The number of hydrogen-bond donors (Lipinski definition) is 3. The maximum atomic E-state index is 12.1. The first-order valence-electron chi connectivity index (χ1n) is 9.14. The maximum absolute atomic E-state index is 12.1. The predicted molar refractivity (Wildman–Crippen MR) is 93.6 cm³/mol. The molecule has 0 heterocycles. The van der Waals surface area contributed by atoms with E-state index in [1.807, 2.05) is 6.07 Å². The number of carbonyl (C=O) groups is 2. The summed E-state index contributed by atoms with van der Waals surface area (Å²) in [5.41, 5.74) is 2.58. The quantitative estimate of drug-likeness (QED) is 0.702. The average Bonchev–Trinajstić information content (AvgIpc) is 2.53. The minimum absolute atomic E-state index is 0.105. The van der Waals surface area contributed by atoms with E-state index in [0.29, 0.717) is 13.1 Å². The van der Waals surface area contributed by atoms with Crippen LogP contribution in [0.25, 0.3) is 0 Å². The Morgan fingerprint density at radius 1 is 1.00 bits per heavy atom. The molecular formula is C19H27N3O2. The van der Waals surface area contributed by atoms with Gasteiger partial charge in [0.05, 0.1) is 6.04 Å². The molecule has 1 aromatic carbocycles. The van der Waals surface area contributed by atoms with Gasteiger partial charge in [0.15, 0.2) is 0 Å². The summed E-state index contributed by atoms with van der Waals surface area (Å²) in [6.07, 6.45) is 7.16. The number of rotatable bonds is 6. The van der Waals surface area contributed by atoms with E-state index in [9.17, 15) is 9.59 Å². The van der Waals surface area contributed by atoms with Gasteiger partial charge in [-0.05, 0) is 49.7 Å². The average molecular weight is 329 g/mol. The van der Waals surface area contributed by atoms with Gasteiger partial charge in [0.25, 0.3) is 0 Å². The normalized spacial score (nSPS) is 19.8. The fraction of sp³-hybridized carbons (Fsp3) is 0.579. The summed E-state index contributed by atoms with van der Waals surface area (Å²) in [5, 5.41) is 8.91. The highest BCUT2D eigenvalue weighted by molar-refractivity contribution is 5.79. The van der Waals surface area contributed by atoms with E-state index in [2.05, 4.69) is 34.1 Å². The van der Waals surface area contributed by atoms with Crippen molar-refractivity contribution < 1.29 is 9.59 Å². The highest BCUT2D eigenvalue weighted by Gasteiger charge is 2.24. The number of aryl methyl sites for hydroxylation is 1. The lowest BCUT2D eigenvalue weighted by Gasteiger charge is -2.26. The SMILES string of the molecule is O=C(NCCCNC(=O)C1CCC1)N[C@H]1CCCc2ccccc21. The molecule has 3 rings (SSSR count). The molecule has 130 valence electrons. The molecule has 0 saturated heterocycles. The molecule has 1 saturated carbocycles. The summed E-state index contributed by atoms with van der Waals surface area (Å²) in [4.78, 5) is 23.8. The van der Waals surface area contributed by atoms with Gasteiger partial charge in [0.1, 0.15) is 0 Å². The first-order chi connectivity index (χ1) is 11.7. The second-order valence-corrected chi connectivity index (χ2v) is 6.82. The summed E-state index contributed by atoms with van der Waals surface area (Å²) in [5.74, 6) is 0.400. The Morgan fingerprint density at radius 2 is 1.79 bits per heavy atom. The second kappa shape index (κ2) is 8.18. The number of fused-ring (bicyclic) bond motifs is 1. The van der Waals surface area contributed by atoms with Gasteiger partial charge < -0.3 is 16.0 Å². The van der Waals surface area contributed by atoms with Crippen molar-refractivity contribution in [3.05, 3.63) is 35.4 Å². The number of nitrogens with one attached hydrogen (secondary N) is 3. The van der Waals surface area contributed by atoms with Crippen molar-refractivity contribution in [3.8, 4) is 0 Å². The van der Waals surface area contributed by atoms with Gasteiger partial charge in [0.2, 0.25) is 5.91 Å². The topological polar surface area (TPSA) is 70.2 Å². The van der Waals surface area contributed by atoms with Crippen LogP contribution in [0, 0.1) is 5.92 Å². The minimum atomic E-state index is -0.123. The van der Waals surface area contributed by atoms with E-state index < -0.39 is 0 Å². The summed E-state index contributed by atoms with van der Waals surface area (Å²) < 4.78 is 0. The molecule has 0 radical (unpaired) electrons. The van der Waals surface area contributed by atoms with Crippen LogP contribution in [0.2, 0.25) is 0 Å². The molecule has 0 unspecified atom stereocenters. The Morgan fingerprint density at radius 3 is 2.58 bits per heavy atom. The Balaban J connectivity index is 1.34. The summed E-state index contributed by atoms with van der Waals surface area (Å²) in [6.45, 7) is 1.20. The molecule has 5 heteroatoms. The Labute approximate surface area is 143 Å². The van der Waals surface area contributed by atoms with E-state index in [4.69, 9.17) is 0 Å². The van der Waals surface area contributed by atoms with Gasteiger partial charge in [-0.2, -0.15) is 0 Å². The standard InChI is InChI=1S/C19H27N3O2/c23-18(15-8-3-9-15)20-12-5-13-21-19(24)22-17-11-4-7-14-6-1-2-10-16(14)17/h1-2,6,10,15,17H,3-5,7-9,11-13H2,(H,20,23)(H2,21,22,24)/t17-/m0/s1. The highest BCUT2D eigenvalue weighted by atomic mass is 16.2. The summed E-state index contributed by atoms with van der Waals surface area (Å²) in [6, 6.07) is 8.32. The molecule has 3 N–H and O–H groups in total. The van der Waals surface area contributed by atoms with Crippen molar-refractivity contribution in [2.45, 2.75) is 51.0 Å². The van der Waals surface area contributed by atoms with Crippen molar-refractivity contribution in [2.75, 3.05) is 13.1 Å². The van der Waals surface area contributed by atoms with Crippen molar-refractivity contribution in [3.63, 3.8) is 0 Å². The van der Waals surface area contributed by atoms with Crippen molar-refractivity contribution >= 4 is 11.9 Å². The fourth-order valence-corrected chi connectivity index (χ4v) is 3.43. The minimum Gasteiger partial charge on any atom is -0.356 e. The Bertz CT molecular complexity index is 584. The van der Waals surface area contributed by atoms with Crippen LogP contribution >= 0.6 is 0 Å². The Hall–Kier alpha value is -2.04. The molecule has 2 aliphatic rings. The van der Waals surface area contributed by atoms with Crippen molar-refractivity contribution in [1.82, 2.24) is 16.0 Å². The number of urea groups is 1. The van der Waals surface area contributed by atoms with E-state index >= 15 is 0 Å². The molecule has 24 heavy (non-hydrogen) atoms. The van der Waals surface area contributed by atoms with E-state index in [1.165, 1.54) is 17.5 Å². The van der Waals surface area contributed by atoms with Crippen molar-refractivity contribution in [1.29, 1.82) is 0 Å². The third kappa shape index (κ3) is 4.28. The van der Waals surface area contributed by atoms with Crippen molar-refractivity contribution in [2.24, 2.45) is 5.92 Å². The third-order valence-electron chi connectivity index (χ3n) is 5.09. The monoisotopic (exact) mass is 329 g/mol. The first kappa shape index (κ1) is 16.8. The third-order valence-corrected chi connectivity index (χ3v) is 5.09. The molecule has 1 fully saturated rings. The number of hydrogen-bond acceptors (Lipinski definition) is 2. The first-order valence-corrected chi connectivity index (χ1v) is 9.14. The fourth-order valence-electron chi connectivity index (χ4n) is 3.43. The van der Waals surface area contributed by atoms with Gasteiger partial charge in [-0.1, -0.05) is 30.7 Å². The van der Waals surface area contributed by atoms with E-state index in [0.717, 1.165) is 38.5 Å². The lowest BCUT2D eigenvalue weighted by atomic mass is 9.85. The van der Waals surface area contributed by atoms with Crippen LogP contribution in [0.1, 0.15) is 55.7 Å². The zero-order valence-corrected chi connectivity index (χ0v) is 14.1. The maximum Gasteiger partial charge on any atom is 0.315 e. The molecule has 0 spiro atoms. The molecule has 1 aromatic rings. The van der Waals surface area contributed by atoms with Crippen LogP contribution in [0.15, 0.2) is 24.3 Å². The molecule has 0 bridgehead atoms. The van der Waals surface area contributed by atoms with Gasteiger partial charge in [-0.25, -0.2) is 4.79 Å². The molecule has 0 aliphatic heterocycles. The Kier molecular flexibility index (Phi) is 5.72. The molecule has 0 aromatic heterocycles. The molecular weight excluding hydrogens is 302 g/mol. The van der Waals surface area contributed by atoms with Crippen LogP contribution < -0.4 is 16.0 Å². The number of benzene rings is 1. The second-order valence-electron chi connectivity index (χ2n) is 6.82. The summed E-state index contributed by atoms with van der Waals surface area (Å²) >= 11 is 0. The molecule has 5 nitrogen and oxygen atoms in total. The van der Waals surface area contributed by atoms with Crippen LogP contribution in [-0.2, 0) is 11.2 Å². The number of amides is 3. The van der Waals surface area contributed by atoms with Crippen LogP contribution in [-0.4, -0.2) is 25.0 Å². The molecule has 2 aliphatic carbocycles. The smallest absolute Gasteiger partial charge is 0.315 e. The van der Waals surface area contributed by atoms with Gasteiger partial charge in [0, 0.05) is 19.0 Å². The molecule has 1 atom stereocenters. The molecule has 3 amide bonds. The predicted octanol–water partition coefficient (Wildman–Crippen LogP) is 2.67. The largest absolute Gasteiger partial charge is 0.356 e. The van der Waals surface area contributed by atoms with E-state index in [1.54, 1.807) is 0 Å². The van der Waals surface area contributed by atoms with Gasteiger partial charge in [-0.15, -0.1) is 0 Å². The number of carbonyl (C=O) groups excluding carboxylic acids is 2. The zero-order valence-electron chi connectivity index (χ0n) is 14.1. The van der Waals surface area contributed by atoms with Crippen LogP contribution in [0.5, 0.6) is 0 Å². The van der Waals surface area contributed by atoms with Gasteiger partial charge in [-0.3, -0.25) is 4.79 Å². The van der Waals surface area contributed by atoms with E-state index in [-0.39, 0.29) is 23.9 Å². The van der Waals surface area contributed by atoms with Crippen LogP contribution in [0.3, 0.4) is 0 Å². The lowest BCUT2D eigenvalue weighted by Crippen LogP contribution is -2.40. The zero-order chi connectivity index (χ0) is 16.8.